The highest BCUT2D eigenvalue weighted by atomic mass is 79.9. The van der Waals surface area contributed by atoms with Crippen LogP contribution in [0.5, 0.6) is 5.95 Å². The van der Waals surface area contributed by atoms with E-state index in [1.54, 1.807) is 0 Å². The largest absolute Gasteiger partial charge is 0.480 e. The van der Waals surface area contributed by atoms with Crippen molar-refractivity contribution in [2.45, 2.75) is 13.8 Å². The Hall–Kier alpha value is -1.22. The molecule has 1 heterocycles. The Morgan fingerprint density at radius 1 is 1.20 bits per heavy atom. The average Bonchev–Trinajstić information content (AvgIpc) is 2.47. The second-order valence-corrected chi connectivity index (χ2v) is 4.28. The lowest BCUT2D eigenvalue weighted by atomic mass is 10.1. The molecule has 0 atom stereocenters. The van der Waals surface area contributed by atoms with E-state index in [9.17, 15) is 5.11 Å². The number of hydrogen-bond acceptors (Lipinski definition) is 2. The molecule has 0 amide bonds. The zero-order valence-electron chi connectivity index (χ0n) is 8.54. The van der Waals surface area contributed by atoms with Crippen LogP contribution in [0.2, 0.25) is 0 Å². The molecule has 15 heavy (non-hydrogen) atoms. The van der Waals surface area contributed by atoms with Crippen LogP contribution in [0, 0.1) is 13.8 Å². The zero-order valence-corrected chi connectivity index (χ0v) is 10.1. The third kappa shape index (κ3) is 1.67. The van der Waals surface area contributed by atoms with Crippen molar-refractivity contribution in [2.75, 3.05) is 0 Å². The first kappa shape index (κ1) is 10.3. The second-order valence-electron chi connectivity index (χ2n) is 3.49. The van der Waals surface area contributed by atoms with Gasteiger partial charge in [-0.1, -0.05) is 24.3 Å². The van der Waals surface area contributed by atoms with Gasteiger partial charge in [-0.3, -0.25) is 0 Å². The maximum atomic E-state index is 9.48. The first-order valence-corrected chi connectivity index (χ1v) is 5.44. The number of aryl methyl sites for hydroxylation is 1. The minimum atomic E-state index is -0.0277. The van der Waals surface area contributed by atoms with Crippen LogP contribution < -0.4 is 0 Å². The molecule has 0 saturated heterocycles. The highest BCUT2D eigenvalue weighted by Crippen LogP contribution is 2.39. The molecule has 0 aliphatic heterocycles. The number of hydrogen-bond donors (Lipinski definition) is 1. The molecule has 2 rings (SSSR count). The Balaban J connectivity index is 2.65. The van der Waals surface area contributed by atoms with Gasteiger partial charge in [-0.05, 0) is 35.3 Å². The van der Waals surface area contributed by atoms with Gasteiger partial charge in [0.2, 0.25) is 0 Å². The van der Waals surface area contributed by atoms with Crippen molar-refractivity contribution in [1.82, 2.24) is 0 Å². The van der Waals surface area contributed by atoms with Gasteiger partial charge >= 0.3 is 0 Å². The first-order chi connectivity index (χ1) is 7.11. The summed E-state index contributed by atoms with van der Waals surface area (Å²) in [5.41, 5.74) is 2.84. The standard InChI is InChI=1S/C12H11BrO2/c1-7-5-3-4-6-9(7)11-10(13)8(2)12(14)15-11/h3-6,14H,1-2H3. The van der Waals surface area contributed by atoms with Gasteiger partial charge in [0.1, 0.15) is 0 Å². The van der Waals surface area contributed by atoms with E-state index in [-0.39, 0.29) is 5.95 Å². The number of rotatable bonds is 1. The minimum Gasteiger partial charge on any atom is -0.480 e. The minimum absolute atomic E-state index is 0.0277. The van der Waals surface area contributed by atoms with Crippen molar-refractivity contribution in [3.05, 3.63) is 39.9 Å². The third-order valence-corrected chi connectivity index (χ3v) is 3.39. The maximum absolute atomic E-state index is 9.48. The quantitative estimate of drug-likeness (QED) is 0.846. The van der Waals surface area contributed by atoms with Crippen LogP contribution in [0.15, 0.2) is 33.2 Å². The SMILES string of the molecule is Cc1ccccc1-c1oc(O)c(C)c1Br. The summed E-state index contributed by atoms with van der Waals surface area (Å²) in [7, 11) is 0. The van der Waals surface area contributed by atoms with Crippen LogP contribution in [0.25, 0.3) is 11.3 Å². The molecule has 2 aromatic rings. The van der Waals surface area contributed by atoms with E-state index in [0.29, 0.717) is 5.76 Å². The topological polar surface area (TPSA) is 33.4 Å². The molecular formula is C12H11BrO2. The van der Waals surface area contributed by atoms with Crippen LogP contribution >= 0.6 is 15.9 Å². The fourth-order valence-corrected chi connectivity index (χ4v) is 1.95. The Kier molecular flexibility index (Phi) is 2.57. The van der Waals surface area contributed by atoms with Crippen molar-refractivity contribution in [2.24, 2.45) is 0 Å². The molecule has 0 fully saturated rings. The molecule has 0 aliphatic rings. The van der Waals surface area contributed by atoms with E-state index in [1.807, 2.05) is 38.1 Å². The fraction of sp³-hybridized carbons (Fsp3) is 0.167. The van der Waals surface area contributed by atoms with Crippen molar-refractivity contribution in [3.63, 3.8) is 0 Å². The third-order valence-electron chi connectivity index (χ3n) is 2.44. The molecule has 3 heteroatoms. The molecule has 0 unspecified atom stereocenters. The Morgan fingerprint density at radius 2 is 1.87 bits per heavy atom. The molecule has 78 valence electrons. The summed E-state index contributed by atoms with van der Waals surface area (Å²) in [5.74, 6) is 0.656. The Morgan fingerprint density at radius 3 is 2.40 bits per heavy atom. The predicted molar refractivity (Wildman–Crippen MR) is 63.0 cm³/mol. The number of furan rings is 1. The zero-order chi connectivity index (χ0) is 11.0. The molecule has 0 aliphatic carbocycles. The Bertz CT molecular complexity index is 500. The normalized spacial score (nSPS) is 10.6. The number of aromatic hydroxyl groups is 1. The van der Waals surface area contributed by atoms with Crippen molar-refractivity contribution < 1.29 is 9.52 Å². The van der Waals surface area contributed by atoms with Gasteiger partial charge in [0.25, 0.3) is 5.95 Å². The van der Waals surface area contributed by atoms with Crippen molar-refractivity contribution in [1.29, 1.82) is 0 Å². The highest BCUT2D eigenvalue weighted by molar-refractivity contribution is 9.10. The lowest BCUT2D eigenvalue weighted by Crippen LogP contribution is -1.80. The molecule has 1 aromatic heterocycles. The van der Waals surface area contributed by atoms with E-state index in [1.165, 1.54) is 0 Å². The fourth-order valence-electron chi connectivity index (χ4n) is 1.48. The van der Waals surface area contributed by atoms with Crippen LogP contribution in [0.3, 0.4) is 0 Å². The Labute approximate surface area is 96.7 Å². The molecule has 0 saturated carbocycles. The van der Waals surface area contributed by atoms with Gasteiger partial charge in [-0.25, -0.2) is 0 Å². The van der Waals surface area contributed by atoms with Gasteiger partial charge in [0.15, 0.2) is 5.76 Å². The smallest absolute Gasteiger partial charge is 0.286 e. The van der Waals surface area contributed by atoms with Crippen LogP contribution in [-0.4, -0.2) is 5.11 Å². The molecule has 0 spiro atoms. The first-order valence-electron chi connectivity index (χ1n) is 4.65. The summed E-state index contributed by atoms with van der Waals surface area (Å²) < 4.78 is 6.13. The van der Waals surface area contributed by atoms with E-state index in [2.05, 4.69) is 15.9 Å². The monoisotopic (exact) mass is 266 g/mol. The van der Waals surface area contributed by atoms with Crippen molar-refractivity contribution in [3.8, 4) is 17.3 Å². The molecule has 1 aromatic carbocycles. The summed E-state index contributed by atoms with van der Waals surface area (Å²) >= 11 is 3.42. The number of benzene rings is 1. The summed E-state index contributed by atoms with van der Waals surface area (Å²) in [6, 6.07) is 7.90. The predicted octanol–water partition coefficient (Wildman–Crippen LogP) is 4.03. The van der Waals surface area contributed by atoms with Gasteiger partial charge in [-0.2, -0.15) is 0 Å². The van der Waals surface area contributed by atoms with Crippen LogP contribution in [0.4, 0.5) is 0 Å². The molecule has 2 nitrogen and oxygen atoms in total. The average molecular weight is 267 g/mol. The molecule has 1 N–H and O–H groups in total. The molecule has 0 radical (unpaired) electrons. The lowest BCUT2D eigenvalue weighted by molar-refractivity contribution is 0.334. The second kappa shape index (κ2) is 3.74. The van der Waals surface area contributed by atoms with E-state index < -0.39 is 0 Å². The maximum Gasteiger partial charge on any atom is 0.286 e. The van der Waals surface area contributed by atoms with Gasteiger partial charge < -0.3 is 9.52 Å². The van der Waals surface area contributed by atoms with E-state index in [0.717, 1.165) is 21.2 Å². The summed E-state index contributed by atoms with van der Waals surface area (Å²) in [4.78, 5) is 0. The van der Waals surface area contributed by atoms with Crippen LogP contribution in [0.1, 0.15) is 11.1 Å². The van der Waals surface area contributed by atoms with Gasteiger partial charge in [0, 0.05) is 11.1 Å². The summed E-state index contributed by atoms with van der Waals surface area (Å²) in [6.45, 7) is 3.82. The summed E-state index contributed by atoms with van der Waals surface area (Å²) in [5, 5.41) is 9.48. The van der Waals surface area contributed by atoms with Crippen LogP contribution in [-0.2, 0) is 0 Å². The summed E-state index contributed by atoms with van der Waals surface area (Å²) in [6.07, 6.45) is 0. The van der Waals surface area contributed by atoms with Gasteiger partial charge in [-0.15, -0.1) is 0 Å². The lowest BCUT2D eigenvalue weighted by Gasteiger charge is -2.01. The number of halogens is 1. The van der Waals surface area contributed by atoms with E-state index >= 15 is 0 Å². The van der Waals surface area contributed by atoms with Gasteiger partial charge in [0.05, 0.1) is 4.47 Å². The molecule has 0 bridgehead atoms. The van der Waals surface area contributed by atoms with Crippen molar-refractivity contribution >= 4 is 15.9 Å². The van der Waals surface area contributed by atoms with E-state index in [4.69, 9.17) is 4.42 Å². The molecular weight excluding hydrogens is 256 g/mol. The highest BCUT2D eigenvalue weighted by Gasteiger charge is 2.16.